The number of nitrogens with one attached hydrogen (secondary N) is 1. The van der Waals surface area contributed by atoms with Crippen molar-refractivity contribution < 1.29 is 13.6 Å². The van der Waals surface area contributed by atoms with Crippen LogP contribution in [0.4, 0.5) is 4.39 Å². The normalized spacial score (nSPS) is 11.9. The Hall–Kier alpha value is -2.88. The zero-order valence-electron chi connectivity index (χ0n) is 12.6. The van der Waals surface area contributed by atoms with Gasteiger partial charge in [-0.3, -0.25) is 4.79 Å². The summed E-state index contributed by atoms with van der Waals surface area (Å²) in [6.45, 7) is 1.90. The second kappa shape index (κ2) is 6.48. The first-order valence-corrected chi connectivity index (χ1v) is 7.35. The molecule has 0 aliphatic heterocycles. The molecule has 0 saturated heterocycles. The number of furan rings is 1. The minimum Gasteiger partial charge on any atom is -0.451 e. The van der Waals surface area contributed by atoms with Crippen LogP contribution in [0.5, 0.6) is 0 Å². The van der Waals surface area contributed by atoms with Crippen molar-refractivity contribution in [1.29, 1.82) is 0 Å². The van der Waals surface area contributed by atoms with Gasteiger partial charge in [0.2, 0.25) is 0 Å². The topological polar surface area (TPSA) is 42.2 Å². The van der Waals surface area contributed by atoms with Crippen molar-refractivity contribution in [3.05, 3.63) is 83.9 Å². The molecular formula is C19H16FNO2. The molecule has 0 spiro atoms. The van der Waals surface area contributed by atoms with Crippen molar-refractivity contribution >= 4 is 5.91 Å². The smallest absolute Gasteiger partial charge is 0.287 e. The molecule has 0 aliphatic rings. The van der Waals surface area contributed by atoms with Gasteiger partial charge in [-0.1, -0.05) is 42.5 Å². The van der Waals surface area contributed by atoms with Crippen LogP contribution in [-0.4, -0.2) is 5.91 Å². The van der Waals surface area contributed by atoms with Gasteiger partial charge >= 0.3 is 0 Å². The van der Waals surface area contributed by atoms with E-state index < -0.39 is 0 Å². The van der Waals surface area contributed by atoms with Gasteiger partial charge in [-0.15, -0.1) is 0 Å². The van der Waals surface area contributed by atoms with Gasteiger partial charge in [0.1, 0.15) is 11.6 Å². The average molecular weight is 309 g/mol. The van der Waals surface area contributed by atoms with Crippen LogP contribution >= 0.6 is 0 Å². The zero-order chi connectivity index (χ0) is 16.2. The maximum absolute atomic E-state index is 13.8. The van der Waals surface area contributed by atoms with Gasteiger partial charge in [0.05, 0.1) is 11.6 Å². The van der Waals surface area contributed by atoms with Crippen molar-refractivity contribution in [3.8, 4) is 11.3 Å². The summed E-state index contributed by atoms with van der Waals surface area (Å²) in [6.07, 6.45) is 0. The Morgan fingerprint density at radius 2 is 1.70 bits per heavy atom. The summed E-state index contributed by atoms with van der Waals surface area (Å²) in [5.41, 5.74) is 1.34. The molecular weight excluding hydrogens is 293 g/mol. The Morgan fingerprint density at radius 1 is 1.00 bits per heavy atom. The van der Waals surface area contributed by atoms with Crippen LogP contribution in [0.3, 0.4) is 0 Å². The minimum atomic E-state index is -0.383. The molecule has 0 saturated carbocycles. The molecule has 0 unspecified atom stereocenters. The lowest BCUT2D eigenvalue weighted by atomic mass is 10.1. The second-order valence-electron chi connectivity index (χ2n) is 5.25. The van der Waals surface area contributed by atoms with E-state index in [1.54, 1.807) is 30.3 Å². The van der Waals surface area contributed by atoms with Crippen LogP contribution in [0.1, 0.15) is 29.1 Å². The van der Waals surface area contributed by atoms with Crippen molar-refractivity contribution in [1.82, 2.24) is 5.32 Å². The number of rotatable bonds is 4. The van der Waals surface area contributed by atoms with Crippen LogP contribution in [0, 0.1) is 5.82 Å². The number of carbonyl (C=O) groups is 1. The van der Waals surface area contributed by atoms with E-state index in [9.17, 15) is 9.18 Å². The molecule has 4 heteroatoms. The van der Waals surface area contributed by atoms with Gasteiger partial charge in [0.15, 0.2) is 5.76 Å². The summed E-state index contributed by atoms with van der Waals surface area (Å²) in [5, 5.41) is 2.87. The highest BCUT2D eigenvalue weighted by Gasteiger charge is 2.16. The van der Waals surface area contributed by atoms with Crippen molar-refractivity contribution in [2.45, 2.75) is 13.0 Å². The summed E-state index contributed by atoms with van der Waals surface area (Å²) in [5.74, 6) is -0.220. The van der Waals surface area contributed by atoms with Crippen LogP contribution in [0.2, 0.25) is 0 Å². The first kappa shape index (κ1) is 15.0. The summed E-state index contributed by atoms with van der Waals surface area (Å²) in [7, 11) is 0. The predicted octanol–water partition coefficient (Wildman–Crippen LogP) is 4.58. The first-order valence-electron chi connectivity index (χ1n) is 7.35. The second-order valence-corrected chi connectivity index (χ2v) is 5.25. The fourth-order valence-corrected chi connectivity index (χ4v) is 2.36. The monoisotopic (exact) mass is 309 g/mol. The minimum absolute atomic E-state index is 0.147. The summed E-state index contributed by atoms with van der Waals surface area (Å²) in [4.78, 5) is 12.3. The third kappa shape index (κ3) is 3.31. The Morgan fingerprint density at radius 3 is 2.43 bits per heavy atom. The van der Waals surface area contributed by atoms with Gasteiger partial charge in [0, 0.05) is 0 Å². The molecule has 0 radical (unpaired) electrons. The Balaban J connectivity index is 1.75. The van der Waals surface area contributed by atoms with Gasteiger partial charge in [-0.05, 0) is 36.8 Å². The lowest BCUT2D eigenvalue weighted by molar-refractivity contribution is 0.0912. The van der Waals surface area contributed by atoms with Gasteiger partial charge in [0.25, 0.3) is 5.91 Å². The third-order valence-corrected chi connectivity index (χ3v) is 3.62. The molecule has 0 aliphatic carbocycles. The fraction of sp³-hybridized carbons (Fsp3) is 0.105. The Bertz CT molecular complexity index is 811. The molecule has 1 amide bonds. The zero-order valence-corrected chi connectivity index (χ0v) is 12.6. The first-order chi connectivity index (χ1) is 11.1. The van der Waals surface area contributed by atoms with E-state index >= 15 is 0 Å². The molecule has 1 heterocycles. The molecule has 3 aromatic rings. The molecule has 0 bridgehead atoms. The predicted molar refractivity (Wildman–Crippen MR) is 86.4 cm³/mol. The van der Waals surface area contributed by atoms with E-state index in [0.717, 1.165) is 5.56 Å². The number of halogens is 1. The van der Waals surface area contributed by atoms with Gasteiger partial charge in [-0.2, -0.15) is 0 Å². The molecule has 116 valence electrons. The fourth-order valence-electron chi connectivity index (χ4n) is 2.36. The standard InChI is InChI=1S/C19H16FNO2/c1-13(14-7-3-2-4-8-14)21-19(22)18-12-11-17(23-18)15-9-5-6-10-16(15)20/h2-13H,1H3,(H,21,22)/t13-/m1/s1. The van der Waals surface area contributed by atoms with E-state index in [2.05, 4.69) is 5.32 Å². The summed E-state index contributed by atoms with van der Waals surface area (Å²) in [6, 6.07) is 18.9. The summed E-state index contributed by atoms with van der Waals surface area (Å²) < 4.78 is 19.3. The number of benzene rings is 2. The quantitative estimate of drug-likeness (QED) is 0.766. The highest BCUT2D eigenvalue weighted by molar-refractivity contribution is 5.92. The van der Waals surface area contributed by atoms with Crippen molar-refractivity contribution in [3.63, 3.8) is 0 Å². The maximum Gasteiger partial charge on any atom is 0.287 e. The Kier molecular flexibility index (Phi) is 4.24. The van der Waals surface area contributed by atoms with Gasteiger partial charge < -0.3 is 9.73 Å². The van der Waals surface area contributed by atoms with Crippen LogP contribution in [0.15, 0.2) is 71.1 Å². The SMILES string of the molecule is C[C@@H](NC(=O)c1ccc(-c2ccccc2F)o1)c1ccccc1. The molecule has 2 aromatic carbocycles. The van der Waals surface area contributed by atoms with Crippen LogP contribution < -0.4 is 5.32 Å². The van der Waals surface area contributed by atoms with Crippen molar-refractivity contribution in [2.24, 2.45) is 0 Å². The van der Waals surface area contributed by atoms with E-state index in [1.165, 1.54) is 6.07 Å². The number of hydrogen-bond donors (Lipinski definition) is 1. The summed E-state index contributed by atoms with van der Waals surface area (Å²) >= 11 is 0. The van der Waals surface area contributed by atoms with E-state index in [-0.39, 0.29) is 23.5 Å². The van der Waals surface area contributed by atoms with E-state index in [4.69, 9.17) is 4.42 Å². The van der Waals surface area contributed by atoms with Crippen molar-refractivity contribution in [2.75, 3.05) is 0 Å². The molecule has 0 fully saturated rings. The van der Waals surface area contributed by atoms with Crippen LogP contribution in [0.25, 0.3) is 11.3 Å². The average Bonchev–Trinajstić information content (AvgIpc) is 3.06. The molecule has 3 rings (SSSR count). The molecule has 1 N–H and O–H groups in total. The van der Waals surface area contributed by atoms with E-state index in [0.29, 0.717) is 11.3 Å². The number of amides is 1. The largest absolute Gasteiger partial charge is 0.451 e. The Labute approximate surface area is 133 Å². The molecule has 1 aromatic heterocycles. The lowest BCUT2D eigenvalue weighted by Crippen LogP contribution is -2.26. The highest BCUT2D eigenvalue weighted by Crippen LogP contribution is 2.25. The highest BCUT2D eigenvalue weighted by atomic mass is 19.1. The third-order valence-electron chi connectivity index (χ3n) is 3.62. The molecule has 23 heavy (non-hydrogen) atoms. The van der Waals surface area contributed by atoms with E-state index in [1.807, 2.05) is 37.3 Å². The number of carbonyl (C=O) groups excluding carboxylic acids is 1. The number of hydrogen-bond acceptors (Lipinski definition) is 2. The molecule has 3 nitrogen and oxygen atoms in total. The molecule has 1 atom stereocenters. The van der Waals surface area contributed by atoms with Gasteiger partial charge in [-0.25, -0.2) is 4.39 Å². The lowest BCUT2D eigenvalue weighted by Gasteiger charge is -2.13. The van der Waals surface area contributed by atoms with Crippen LogP contribution in [-0.2, 0) is 0 Å². The maximum atomic E-state index is 13.8.